The van der Waals surface area contributed by atoms with Gasteiger partial charge in [0.25, 0.3) is 0 Å². The van der Waals surface area contributed by atoms with Crippen LogP contribution in [-0.2, 0) is 6.42 Å². The van der Waals surface area contributed by atoms with Crippen LogP contribution in [0.1, 0.15) is 32.8 Å². The summed E-state index contributed by atoms with van der Waals surface area (Å²) in [5, 5.41) is 12.5. The highest BCUT2D eigenvalue weighted by atomic mass is 16.5. The Hall–Kier alpha value is -1.06. The van der Waals surface area contributed by atoms with Gasteiger partial charge in [0.15, 0.2) is 0 Å². The van der Waals surface area contributed by atoms with Crippen LogP contribution in [0.3, 0.4) is 0 Å². The van der Waals surface area contributed by atoms with Gasteiger partial charge in [0.2, 0.25) is 0 Å². The first-order valence-corrected chi connectivity index (χ1v) is 6.75. The first-order chi connectivity index (χ1) is 8.61. The molecule has 2 atom stereocenters. The van der Waals surface area contributed by atoms with Crippen molar-refractivity contribution >= 4 is 0 Å². The average molecular weight is 251 g/mol. The van der Waals surface area contributed by atoms with E-state index in [0.717, 1.165) is 18.7 Å². The van der Waals surface area contributed by atoms with Crippen molar-refractivity contribution in [2.45, 2.75) is 45.8 Å². The lowest BCUT2D eigenvalue weighted by atomic mass is 10.1. The number of hydrogen-bond donors (Lipinski definition) is 2. The first kappa shape index (κ1) is 15.0. The standard InChI is InChI=1S/C15H25NO2/c1-4-16-12(2)11-14-5-7-15(8-6-14)18-10-9-13(3)17/h5-8,12-13,16-17H,4,9-11H2,1-3H3. The van der Waals surface area contributed by atoms with E-state index in [1.165, 1.54) is 5.56 Å². The Morgan fingerprint density at radius 3 is 2.44 bits per heavy atom. The van der Waals surface area contributed by atoms with Crippen LogP contribution in [0, 0.1) is 0 Å². The van der Waals surface area contributed by atoms with Gasteiger partial charge in [-0.15, -0.1) is 0 Å². The van der Waals surface area contributed by atoms with Gasteiger partial charge in [-0.05, 0) is 44.5 Å². The second kappa shape index (κ2) is 8.11. The minimum absolute atomic E-state index is 0.301. The zero-order valence-electron chi connectivity index (χ0n) is 11.6. The van der Waals surface area contributed by atoms with Gasteiger partial charge in [-0.1, -0.05) is 19.1 Å². The third-order valence-electron chi connectivity index (χ3n) is 2.82. The van der Waals surface area contributed by atoms with Crippen molar-refractivity contribution in [2.24, 2.45) is 0 Å². The fraction of sp³-hybridized carbons (Fsp3) is 0.600. The molecule has 2 N–H and O–H groups in total. The van der Waals surface area contributed by atoms with Crippen molar-refractivity contribution in [1.29, 1.82) is 0 Å². The fourth-order valence-electron chi connectivity index (χ4n) is 1.84. The molecule has 0 radical (unpaired) electrons. The second-order valence-corrected chi connectivity index (χ2v) is 4.79. The number of ether oxygens (including phenoxy) is 1. The van der Waals surface area contributed by atoms with Crippen LogP contribution in [0.15, 0.2) is 24.3 Å². The monoisotopic (exact) mass is 251 g/mol. The van der Waals surface area contributed by atoms with Crippen molar-refractivity contribution < 1.29 is 9.84 Å². The normalized spacial score (nSPS) is 14.2. The summed E-state index contributed by atoms with van der Waals surface area (Å²) in [6.07, 6.45) is 1.39. The third kappa shape index (κ3) is 6.03. The van der Waals surface area contributed by atoms with Crippen LogP contribution in [0.4, 0.5) is 0 Å². The fourth-order valence-corrected chi connectivity index (χ4v) is 1.84. The van der Waals surface area contributed by atoms with Gasteiger partial charge >= 0.3 is 0 Å². The van der Waals surface area contributed by atoms with Crippen molar-refractivity contribution in [1.82, 2.24) is 5.32 Å². The number of nitrogens with one attached hydrogen (secondary N) is 1. The molecular formula is C15H25NO2. The summed E-state index contributed by atoms with van der Waals surface area (Å²) in [6.45, 7) is 7.65. The zero-order chi connectivity index (χ0) is 13.4. The van der Waals surface area contributed by atoms with Gasteiger partial charge in [0.1, 0.15) is 5.75 Å². The lowest BCUT2D eigenvalue weighted by molar-refractivity contribution is 0.155. The van der Waals surface area contributed by atoms with Crippen molar-refractivity contribution in [2.75, 3.05) is 13.2 Å². The number of aliphatic hydroxyl groups is 1. The Balaban J connectivity index is 2.37. The van der Waals surface area contributed by atoms with Gasteiger partial charge in [0, 0.05) is 12.5 Å². The third-order valence-corrected chi connectivity index (χ3v) is 2.82. The van der Waals surface area contributed by atoms with Crippen molar-refractivity contribution in [3.8, 4) is 5.75 Å². The molecule has 0 spiro atoms. The molecule has 0 saturated heterocycles. The SMILES string of the molecule is CCNC(C)Cc1ccc(OCCC(C)O)cc1. The van der Waals surface area contributed by atoms with E-state index in [0.29, 0.717) is 19.1 Å². The Bertz CT molecular complexity index is 322. The number of aliphatic hydroxyl groups excluding tert-OH is 1. The number of rotatable bonds is 8. The Morgan fingerprint density at radius 2 is 1.89 bits per heavy atom. The molecule has 1 rings (SSSR count). The molecule has 3 nitrogen and oxygen atoms in total. The Kier molecular flexibility index (Phi) is 6.76. The minimum atomic E-state index is -0.301. The van der Waals surface area contributed by atoms with E-state index >= 15 is 0 Å². The van der Waals surface area contributed by atoms with E-state index in [2.05, 4.69) is 31.3 Å². The van der Waals surface area contributed by atoms with Gasteiger partial charge in [-0.3, -0.25) is 0 Å². The first-order valence-electron chi connectivity index (χ1n) is 6.75. The summed E-state index contributed by atoms with van der Waals surface area (Å²) in [7, 11) is 0. The van der Waals surface area contributed by atoms with E-state index in [1.54, 1.807) is 6.92 Å². The molecule has 2 unspecified atom stereocenters. The molecule has 1 aromatic rings. The topological polar surface area (TPSA) is 41.5 Å². The molecule has 0 aliphatic carbocycles. The Labute approximate surface area is 110 Å². The number of likely N-dealkylation sites (N-methyl/N-ethyl adjacent to an activating group) is 1. The molecule has 3 heteroatoms. The van der Waals surface area contributed by atoms with Gasteiger partial charge in [0.05, 0.1) is 12.7 Å². The lowest BCUT2D eigenvalue weighted by Crippen LogP contribution is -2.27. The molecule has 0 amide bonds. The van der Waals surface area contributed by atoms with Crippen molar-refractivity contribution in [3.63, 3.8) is 0 Å². The van der Waals surface area contributed by atoms with Crippen molar-refractivity contribution in [3.05, 3.63) is 29.8 Å². The molecule has 102 valence electrons. The summed E-state index contributed by atoms with van der Waals surface area (Å²) in [4.78, 5) is 0. The predicted octanol–water partition coefficient (Wildman–Crippen LogP) is 2.38. The molecule has 0 aliphatic rings. The smallest absolute Gasteiger partial charge is 0.119 e. The largest absolute Gasteiger partial charge is 0.493 e. The van der Waals surface area contributed by atoms with E-state index in [1.807, 2.05) is 12.1 Å². The van der Waals surface area contributed by atoms with Gasteiger partial charge < -0.3 is 15.2 Å². The van der Waals surface area contributed by atoms with Gasteiger partial charge in [-0.25, -0.2) is 0 Å². The predicted molar refractivity (Wildman–Crippen MR) is 75.1 cm³/mol. The molecule has 18 heavy (non-hydrogen) atoms. The summed E-state index contributed by atoms with van der Waals surface area (Å²) in [5.41, 5.74) is 1.31. The number of benzene rings is 1. The summed E-state index contributed by atoms with van der Waals surface area (Å²) >= 11 is 0. The molecule has 0 fully saturated rings. The lowest BCUT2D eigenvalue weighted by Gasteiger charge is -2.13. The molecule has 1 aromatic carbocycles. The number of hydrogen-bond acceptors (Lipinski definition) is 3. The molecule has 0 bridgehead atoms. The summed E-state index contributed by atoms with van der Waals surface area (Å²) in [5.74, 6) is 0.871. The maximum atomic E-state index is 9.14. The maximum Gasteiger partial charge on any atom is 0.119 e. The molecule has 0 aliphatic heterocycles. The van der Waals surface area contributed by atoms with Crippen LogP contribution in [0.5, 0.6) is 5.75 Å². The average Bonchev–Trinajstić information content (AvgIpc) is 2.31. The van der Waals surface area contributed by atoms with E-state index in [9.17, 15) is 0 Å². The molecule has 0 heterocycles. The van der Waals surface area contributed by atoms with Crippen LogP contribution in [0.25, 0.3) is 0 Å². The summed E-state index contributed by atoms with van der Waals surface area (Å²) in [6, 6.07) is 8.69. The maximum absolute atomic E-state index is 9.14. The van der Waals surface area contributed by atoms with E-state index in [4.69, 9.17) is 9.84 Å². The quantitative estimate of drug-likeness (QED) is 0.745. The highest BCUT2D eigenvalue weighted by Crippen LogP contribution is 2.14. The highest BCUT2D eigenvalue weighted by molar-refractivity contribution is 5.27. The van der Waals surface area contributed by atoms with E-state index < -0.39 is 0 Å². The summed E-state index contributed by atoms with van der Waals surface area (Å²) < 4.78 is 5.55. The zero-order valence-corrected chi connectivity index (χ0v) is 11.6. The molecule has 0 saturated carbocycles. The molecule has 0 aromatic heterocycles. The van der Waals surface area contributed by atoms with Crippen LogP contribution in [-0.4, -0.2) is 30.4 Å². The van der Waals surface area contributed by atoms with E-state index in [-0.39, 0.29) is 6.10 Å². The van der Waals surface area contributed by atoms with Crippen LogP contribution in [0.2, 0.25) is 0 Å². The Morgan fingerprint density at radius 1 is 1.22 bits per heavy atom. The second-order valence-electron chi connectivity index (χ2n) is 4.79. The highest BCUT2D eigenvalue weighted by Gasteiger charge is 2.02. The van der Waals surface area contributed by atoms with Crippen LogP contribution >= 0.6 is 0 Å². The van der Waals surface area contributed by atoms with Gasteiger partial charge in [-0.2, -0.15) is 0 Å². The minimum Gasteiger partial charge on any atom is -0.493 e. The molecular weight excluding hydrogens is 226 g/mol. The van der Waals surface area contributed by atoms with Crippen LogP contribution < -0.4 is 10.1 Å².